The Kier molecular flexibility index (Phi) is 25.1. The lowest BCUT2D eigenvalue weighted by Crippen LogP contribution is -2.59. The van der Waals surface area contributed by atoms with Gasteiger partial charge in [-0.3, -0.25) is 19.2 Å². The Hall–Kier alpha value is -2.64. The van der Waals surface area contributed by atoms with Gasteiger partial charge in [-0.1, -0.05) is 13.3 Å². The zero-order chi connectivity index (χ0) is 45.6. The first-order valence-electron chi connectivity index (χ1n) is 22.2. The van der Waals surface area contributed by atoms with E-state index in [1.807, 2.05) is 4.90 Å². The van der Waals surface area contributed by atoms with Crippen molar-refractivity contribution in [2.45, 2.75) is 170 Å². The summed E-state index contributed by atoms with van der Waals surface area (Å²) in [6.45, 7) is 3.10. The third-order valence-electron chi connectivity index (χ3n) is 11.4. The molecule has 0 spiro atoms. The molecule has 3 aliphatic rings. The van der Waals surface area contributed by atoms with Gasteiger partial charge in [0.25, 0.3) is 0 Å². The van der Waals surface area contributed by atoms with Crippen molar-refractivity contribution in [1.82, 2.24) is 20.9 Å². The van der Waals surface area contributed by atoms with Crippen LogP contribution in [0.3, 0.4) is 0 Å². The number of amides is 4. The van der Waals surface area contributed by atoms with Crippen molar-refractivity contribution in [3.63, 3.8) is 0 Å². The van der Waals surface area contributed by atoms with E-state index in [1.54, 1.807) is 7.11 Å². The van der Waals surface area contributed by atoms with Gasteiger partial charge < -0.3 is 85.4 Å². The average Bonchev–Trinajstić information content (AvgIpc) is 3.63. The zero-order valence-corrected chi connectivity index (χ0v) is 36.3. The fourth-order valence-electron chi connectivity index (χ4n) is 7.77. The van der Waals surface area contributed by atoms with Crippen LogP contribution in [-0.2, 0) is 42.9 Å². The largest absolute Gasteiger partial charge is 0.394 e. The molecule has 10 unspecified atom stereocenters. The van der Waals surface area contributed by atoms with E-state index in [4.69, 9.17) is 23.7 Å². The number of ether oxygens (including phenoxy) is 5. The van der Waals surface area contributed by atoms with Crippen molar-refractivity contribution in [3.8, 4) is 0 Å². The average molecular weight is 895 g/mol. The number of aliphatic hydroxyl groups is 8. The molecule has 0 aliphatic carbocycles. The highest BCUT2D eigenvalue weighted by Crippen LogP contribution is 2.25. The lowest BCUT2D eigenvalue weighted by atomic mass is 9.99. The van der Waals surface area contributed by atoms with E-state index in [-0.39, 0.29) is 55.7 Å². The number of aliphatic hydroxyl groups excluding tert-OH is 8. The van der Waals surface area contributed by atoms with Gasteiger partial charge in [-0.25, -0.2) is 0 Å². The molecular weight excluding hydrogens is 820 g/mol. The van der Waals surface area contributed by atoms with Gasteiger partial charge in [-0.05, 0) is 70.1 Å². The van der Waals surface area contributed by atoms with Crippen molar-refractivity contribution in [2.75, 3.05) is 59.8 Å². The smallest absolute Gasteiger partial charge is 0.242 e. The first-order valence-corrected chi connectivity index (χ1v) is 22.2. The maximum absolute atomic E-state index is 13.3. The van der Waals surface area contributed by atoms with Gasteiger partial charge >= 0.3 is 0 Å². The van der Waals surface area contributed by atoms with Crippen LogP contribution in [0.5, 0.6) is 0 Å². The molecule has 3 fully saturated rings. The number of rotatable bonds is 29. The number of hydrogen-bond acceptors (Lipinski definition) is 17. The second-order valence-corrected chi connectivity index (χ2v) is 16.6. The zero-order valence-electron chi connectivity index (χ0n) is 36.3. The Morgan fingerprint density at radius 3 is 1.76 bits per heavy atom. The molecule has 3 aliphatic heterocycles. The number of hydrogen-bond donors (Lipinski definition) is 11. The monoisotopic (exact) mass is 895 g/mol. The summed E-state index contributed by atoms with van der Waals surface area (Å²) in [4.78, 5) is 53.4. The Labute approximate surface area is 363 Å². The van der Waals surface area contributed by atoms with Crippen LogP contribution in [0.4, 0.5) is 0 Å². The number of nitrogens with zero attached hydrogens (tertiary/aromatic N) is 1. The summed E-state index contributed by atoms with van der Waals surface area (Å²) in [5.41, 5.74) is 0. The highest BCUT2D eigenvalue weighted by molar-refractivity contribution is 5.87. The van der Waals surface area contributed by atoms with Gasteiger partial charge in [0.15, 0.2) is 12.6 Å². The Bertz CT molecular complexity index is 1320. The summed E-state index contributed by atoms with van der Waals surface area (Å²) in [6, 6.07) is -0.729. The fourth-order valence-corrected chi connectivity index (χ4v) is 7.77. The van der Waals surface area contributed by atoms with Crippen molar-refractivity contribution in [1.29, 1.82) is 0 Å². The van der Waals surface area contributed by atoms with Gasteiger partial charge in [0, 0.05) is 59.2 Å². The lowest BCUT2D eigenvalue weighted by molar-refractivity contribution is -0.301. The summed E-state index contributed by atoms with van der Waals surface area (Å²) in [6.07, 6.45) is -7.10. The molecule has 4 amide bonds. The minimum Gasteiger partial charge on any atom is -0.394 e. The molecule has 0 aromatic carbocycles. The number of nitrogens with one attached hydrogen (secondary N) is 3. The van der Waals surface area contributed by atoms with Crippen molar-refractivity contribution in [3.05, 3.63) is 0 Å². The normalized spacial score (nSPS) is 30.5. The summed E-state index contributed by atoms with van der Waals surface area (Å²) in [5, 5.41) is 87.1. The van der Waals surface area contributed by atoms with Crippen LogP contribution < -0.4 is 16.0 Å². The van der Waals surface area contributed by atoms with Crippen molar-refractivity contribution >= 4 is 23.6 Å². The molecule has 0 radical (unpaired) electrons. The van der Waals surface area contributed by atoms with Crippen LogP contribution in [0, 0.1) is 5.92 Å². The predicted octanol–water partition coefficient (Wildman–Crippen LogP) is -2.71. The second kappa shape index (κ2) is 29.0. The van der Waals surface area contributed by atoms with Gasteiger partial charge in [-0.2, -0.15) is 0 Å². The van der Waals surface area contributed by atoms with Crippen LogP contribution >= 0.6 is 0 Å². The van der Waals surface area contributed by atoms with Crippen LogP contribution in [0.2, 0.25) is 0 Å². The van der Waals surface area contributed by atoms with Gasteiger partial charge in [-0.15, -0.1) is 0 Å². The standard InChI is InChI=1S/C41H74N4O17/c1-25-20-26(24-58-2)45(21-25)32(50)15-4-3-8-17-43-39(57)27(44-31(49)14-7-11-19-60-41-38(56)36(54)34(52)29(23-47)62-41)12-5-9-16-42-30(48)13-6-10-18-59-40-37(55)35(53)33(51)28(22-46)61-40/h25-29,33-38,40-41,46-47,51-56H,3-24H2,1-2H3,(H,42,48)(H,43,57)(H,44,49)/t25-,26+,27-,28?,29?,33?,34?,35?,36?,37?,38?,40?,41?/m1/s1. The van der Waals surface area contributed by atoms with E-state index in [0.29, 0.717) is 89.8 Å². The molecular formula is C41H74N4O17. The Morgan fingerprint density at radius 1 is 0.661 bits per heavy atom. The molecule has 21 nitrogen and oxygen atoms in total. The lowest BCUT2D eigenvalue weighted by Gasteiger charge is -2.39. The van der Waals surface area contributed by atoms with E-state index in [1.165, 1.54) is 0 Å². The highest BCUT2D eigenvalue weighted by Gasteiger charge is 2.45. The summed E-state index contributed by atoms with van der Waals surface area (Å²) < 4.78 is 26.9. The number of methoxy groups -OCH3 is 1. The third-order valence-corrected chi connectivity index (χ3v) is 11.4. The van der Waals surface area contributed by atoms with E-state index in [9.17, 15) is 60.0 Å². The summed E-state index contributed by atoms with van der Waals surface area (Å²) >= 11 is 0. The number of likely N-dealkylation sites (tertiary alicyclic amines) is 1. The van der Waals surface area contributed by atoms with E-state index in [0.717, 1.165) is 19.4 Å². The van der Waals surface area contributed by atoms with Gasteiger partial charge in [0.2, 0.25) is 23.6 Å². The van der Waals surface area contributed by atoms with E-state index >= 15 is 0 Å². The van der Waals surface area contributed by atoms with Crippen LogP contribution in [0.1, 0.15) is 96.8 Å². The summed E-state index contributed by atoms with van der Waals surface area (Å²) in [5.74, 6) is -0.351. The SMILES string of the molecule is COC[C@@H]1C[C@@H](C)CN1C(=O)CCCCCNC(=O)[C@@H](CCCCNC(=O)CCCCOC1OC(CO)C(O)C(O)C1O)NC(=O)CCCCOC1OC(CO)C(O)C(O)C1O. The first kappa shape index (κ1) is 53.7. The van der Waals surface area contributed by atoms with Crippen LogP contribution in [0.15, 0.2) is 0 Å². The van der Waals surface area contributed by atoms with Crippen LogP contribution in [-0.4, -0.2) is 203 Å². The van der Waals surface area contributed by atoms with E-state index < -0.39 is 80.7 Å². The Balaban J connectivity index is 1.37. The van der Waals surface area contributed by atoms with Gasteiger partial charge in [0.05, 0.1) is 25.9 Å². The second-order valence-electron chi connectivity index (χ2n) is 16.6. The molecule has 360 valence electrons. The van der Waals surface area contributed by atoms with E-state index in [2.05, 4.69) is 22.9 Å². The van der Waals surface area contributed by atoms with Crippen LogP contribution in [0.25, 0.3) is 0 Å². The number of carbonyl (C=O) groups excluding carboxylic acids is 4. The molecule has 0 aromatic heterocycles. The highest BCUT2D eigenvalue weighted by atomic mass is 16.7. The first-order chi connectivity index (χ1) is 29.7. The quantitative estimate of drug-likeness (QED) is 0.0340. The molecule has 3 saturated heterocycles. The minimum atomic E-state index is -1.56. The molecule has 3 rings (SSSR count). The third kappa shape index (κ3) is 17.7. The molecule has 13 atom stereocenters. The molecule has 62 heavy (non-hydrogen) atoms. The topological polar surface area (TPSA) is 316 Å². The maximum atomic E-state index is 13.3. The predicted molar refractivity (Wildman–Crippen MR) is 219 cm³/mol. The summed E-state index contributed by atoms with van der Waals surface area (Å²) in [7, 11) is 1.64. The van der Waals surface area contributed by atoms with Gasteiger partial charge in [0.1, 0.15) is 54.9 Å². The number of carbonyl (C=O) groups is 4. The molecule has 0 saturated carbocycles. The fraction of sp³-hybridized carbons (Fsp3) is 0.902. The molecule has 11 N–H and O–H groups in total. The molecule has 0 bridgehead atoms. The molecule has 3 heterocycles. The Morgan fingerprint density at radius 2 is 1.19 bits per heavy atom. The maximum Gasteiger partial charge on any atom is 0.242 e. The van der Waals surface area contributed by atoms with Crippen molar-refractivity contribution < 1.29 is 83.7 Å². The minimum absolute atomic E-state index is 0.0536. The number of unbranched alkanes of at least 4 members (excludes halogenated alkanes) is 5. The molecule has 21 heteroatoms. The van der Waals surface area contributed by atoms with Crippen molar-refractivity contribution in [2.24, 2.45) is 5.92 Å². The molecule has 0 aromatic rings.